The van der Waals surface area contributed by atoms with Crippen LogP contribution in [0.25, 0.3) is 33.4 Å². The summed E-state index contributed by atoms with van der Waals surface area (Å²) in [5.41, 5.74) is 6.32. The van der Waals surface area contributed by atoms with E-state index in [0.29, 0.717) is 27.9 Å². The minimum Gasteiger partial charge on any atom is -0.378 e. The third-order valence-electron chi connectivity index (χ3n) is 5.89. The molecule has 0 fully saturated rings. The molecule has 0 atom stereocenters. The number of likely N-dealkylation sites (N-methyl/N-ethyl adjacent to an activating group) is 1. The molecular weight excluding hydrogens is 453 g/mol. The number of H-pyrrole nitrogens is 1. The summed E-state index contributed by atoms with van der Waals surface area (Å²) in [7, 11) is 3.80. The molecule has 0 amide bonds. The monoisotopic (exact) mass is 481 g/mol. The molecule has 0 unspecified atom stereocenters. The van der Waals surface area contributed by atoms with Gasteiger partial charge in [0, 0.05) is 43.3 Å². The predicted molar refractivity (Wildman–Crippen MR) is 144 cm³/mol. The molecule has 0 aliphatic carbocycles. The molecule has 182 valence electrons. The third-order valence-corrected chi connectivity index (χ3v) is 5.89. The van der Waals surface area contributed by atoms with Crippen LogP contribution in [0.1, 0.15) is 23.9 Å². The molecule has 36 heavy (non-hydrogen) atoms. The van der Waals surface area contributed by atoms with Gasteiger partial charge in [0.2, 0.25) is 0 Å². The molecule has 0 bridgehead atoms. The molecule has 0 aromatic carbocycles. The molecule has 7 nitrogen and oxygen atoms in total. The molecular formula is C28H28FN7. The normalized spacial score (nSPS) is 12.0. The summed E-state index contributed by atoms with van der Waals surface area (Å²) in [6, 6.07) is 5.72. The van der Waals surface area contributed by atoms with E-state index in [-0.39, 0.29) is 5.69 Å². The average molecular weight is 482 g/mol. The van der Waals surface area contributed by atoms with E-state index in [0.717, 1.165) is 28.2 Å². The highest BCUT2D eigenvalue weighted by Crippen LogP contribution is 2.32. The van der Waals surface area contributed by atoms with Crippen LogP contribution in [-0.4, -0.2) is 44.1 Å². The lowest BCUT2D eigenvalue weighted by Gasteiger charge is -2.15. The second-order valence-electron chi connectivity index (χ2n) is 8.37. The van der Waals surface area contributed by atoms with Gasteiger partial charge in [0.25, 0.3) is 0 Å². The summed E-state index contributed by atoms with van der Waals surface area (Å²) in [5.74, 6) is -0.484. The fourth-order valence-electron chi connectivity index (χ4n) is 3.87. The molecule has 4 aromatic rings. The van der Waals surface area contributed by atoms with Gasteiger partial charge in [-0.1, -0.05) is 25.3 Å². The van der Waals surface area contributed by atoms with Crippen molar-refractivity contribution in [1.82, 2.24) is 30.0 Å². The number of halogens is 1. The second-order valence-corrected chi connectivity index (χ2v) is 8.37. The smallest absolute Gasteiger partial charge is 0.161 e. The van der Waals surface area contributed by atoms with E-state index >= 15 is 4.39 Å². The van der Waals surface area contributed by atoms with Crippen LogP contribution in [0.5, 0.6) is 0 Å². The zero-order valence-electron chi connectivity index (χ0n) is 20.8. The average Bonchev–Trinajstić information content (AvgIpc) is 3.32. The number of fused-ring (bicyclic) bond motifs is 1. The Labute approximate surface area is 209 Å². The Kier molecular flexibility index (Phi) is 7.05. The van der Waals surface area contributed by atoms with Crippen molar-refractivity contribution in [3.05, 3.63) is 103 Å². The van der Waals surface area contributed by atoms with Crippen molar-refractivity contribution in [1.29, 1.82) is 0 Å². The number of anilines is 1. The Balaban J connectivity index is 1.73. The summed E-state index contributed by atoms with van der Waals surface area (Å²) < 4.78 is 15.9. The van der Waals surface area contributed by atoms with E-state index in [2.05, 4.69) is 43.6 Å². The highest BCUT2D eigenvalue weighted by molar-refractivity contribution is 5.95. The number of rotatable bonds is 8. The maximum Gasteiger partial charge on any atom is 0.161 e. The van der Waals surface area contributed by atoms with Crippen LogP contribution in [0.15, 0.2) is 80.1 Å². The van der Waals surface area contributed by atoms with E-state index in [9.17, 15) is 0 Å². The summed E-state index contributed by atoms with van der Waals surface area (Å²) >= 11 is 0. The first kappa shape index (κ1) is 24.5. The summed E-state index contributed by atoms with van der Waals surface area (Å²) in [6.07, 6.45) is 12.2. The van der Waals surface area contributed by atoms with Crippen LogP contribution in [0.3, 0.4) is 0 Å². The number of allylic oxidation sites excluding steroid dienone is 4. The van der Waals surface area contributed by atoms with Crippen molar-refractivity contribution in [3.8, 4) is 11.3 Å². The minimum atomic E-state index is -0.484. The summed E-state index contributed by atoms with van der Waals surface area (Å²) in [4.78, 5) is 15.0. The SMILES string of the molecule is C=C/C(=C\C(=C/C)c1ncc2[nH]nc(C(=C)Nc3cncc(-c4ccccn4)c3C)c2c1F)N(C)C. The largest absolute Gasteiger partial charge is 0.378 e. The number of hydrogen-bond acceptors (Lipinski definition) is 6. The van der Waals surface area contributed by atoms with Gasteiger partial charge in [0.1, 0.15) is 11.4 Å². The molecule has 0 aliphatic heterocycles. The lowest BCUT2D eigenvalue weighted by molar-refractivity contribution is 0.530. The maximum absolute atomic E-state index is 15.9. The van der Waals surface area contributed by atoms with Gasteiger partial charge in [-0.2, -0.15) is 5.10 Å². The van der Waals surface area contributed by atoms with E-state index in [1.54, 1.807) is 30.9 Å². The molecule has 4 heterocycles. The van der Waals surface area contributed by atoms with Crippen molar-refractivity contribution < 1.29 is 4.39 Å². The molecule has 0 saturated carbocycles. The van der Waals surface area contributed by atoms with E-state index in [4.69, 9.17) is 0 Å². The topological polar surface area (TPSA) is 82.6 Å². The summed E-state index contributed by atoms with van der Waals surface area (Å²) in [6.45, 7) is 11.8. The Morgan fingerprint density at radius 3 is 2.61 bits per heavy atom. The standard InChI is InChI=1S/C28H28FN7/c1-7-19(13-20(8-2)36(5)6)28-26(29)25-24(16-32-28)34-35-27(25)18(4)33-23-15-30-14-21(17(23)3)22-11-9-10-12-31-22/h7-16,33H,2,4H2,1,3,5-6H3,(H,34,35)/b19-7+,20-13+. The first-order chi connectivity index (χ1) is 17.3. The van der Waals surface area contributed by atoms with Crippen LogP contribution in [-0.2, 0) is 0 Å². The van der Waals surface area contributed by atoms with Gasteiger partial charge < -0.3 is 10.2 Å². The van der Waals surface area contributed by atoms with Crippen molar-refractivity contribution in [2.45, 2.75) is 13.8 Å². The number of nitrogens with zero attached hydrogens (tertiary/aromatic N) is 5. The fourth-order valence-corrected chi connectivity index (χ4v) is 3.87. The predicted octanol–water partition coefficient (Wildman–Crippen LogP) is 5.98. The van der Waals surface area contributed by atoms with Gasteiger partial charge in [-0.05, 0) is 43.7 Å². The Bertz CT molecular complexity index is 1500. The molecule has 8 heteroatoms. The molecule has 0 radical (unpaired) electrons. The number of nitrogens with one attached hydrogen (secondary N) is 2. The first-order valence-corrected chi connectivity index (χ1v) is 11.4. The maximum atomic E-state index is 15.9. The summed E-state index contributed by atoms with van der Waals surface area (Å²) in [5, 5.41) is 10.8. The van der Waals surface area contributed by atoms with Crippen LogP contribution >= 0.6 is 0 Å². The molecule has 4 aromatic heterocycles. The minimum absolute atomic E-state index is 0.219. The fraction of sp³-hybridized carbons (Fsp3) is 0.143. The van der Waals surface area contributed by atoms with Gasteiger partial charge in [0.05, 0.1) is 40.4 Å². The van der Waals surface area contributed by atoms with Crippen LogP contribution in [0.2, 0.25) is 0 Å². The zero-order chi connectivity index (χ0) is 25.8. The van der Waals surface area contributed by atoms with E-state index in [1.807, 2.05) is 63.2 Å². The van der Waals surface area contributed by atoms with Crippen molar-refractivity contribution >= 4 is 27.9 Å². The van der Waals surface area contributed by atoms with Gasteiger partial charge >= 0.3 is 0 Å². The van der Waals surface area contributed by atoms with Gasteiger partial charge in [-0.25, -0.2) is 4.39 Å². The quantitative estimate of drug-likeness (QED) is 0.301. The number of pyridine rings is 3. The third kappa shape index (κ3) is 4.65. The van der Waals surface area contributed by atoms with Crippen molar-refractivity contribution in [3.63, 3.8) is 0 Å². The number of hydrogen-bond donors (Lipinski definition) is 2. The van der Waals surface area contributed by atoms with Gasteiger partial charge in [-0.15, -0.1) is 0 Å². The number of aromatic amines is 1. The highest BCUT2D eigenvalue weighted by atomic mass is 19.1. The lowest BCUT2D eigenvalue weighted by Crippen LogP contribution is -2.09. The molecule has 0 aliphatic rings. The highest BCUT2D eigenvalue weighted by Gasteiger charge is 2.20. The van der Waals surface area contributed by atoms with Crippen LogP contribution in [0, 0.1) is 12.7 Å². The second kappa shape index (κ2) is 10.4. The first-order valence-electron chi connectivity index (χ1n) is 11.4. The Hall–Kier alpha value is -4.59. The van der Waals surface area contributed by atoms with E-state index < -0.39 is 5.82 Å². The number of aromatic nitrogens is 5. The molecule has 0 spiro atoms. The molecule has 0 saturated heterocycles. The van der Waals surface area contributed by atoms with Crippen LogP contribution < -0.4 is 5.32 Å². The molecule has 4 rings (SSSR count). The Morgan fingerprint density at radius 1 is 1.14 bits per heavy atom. The van der Waals surface area contributed by atoms with Crippen molar-refractivity contribution in [2.24, 2.45) is 0 Å². The zero-order valence-corrected chi connectivity index (χ0v) is 20.8. The van der Waals surface area contributed by atoms with E-state index in [1.165, 1.54) is 0 Å². The van der Waals surface area contributed by atoms with Gasteiger partial charge in [-0.3, -0.25) is 20.1 Å². The lowest BCUT2D eigenvalue weighted by atomic mass is 10.0. The van der Waals surface area contributed by atoms with Crippen LogP contribution in [0.4, 0.5) is 10.1 Å². The van der Waals surface area contributed by atoms with Crippen molar-refractivity contribution in [2.75, 3.05) is 19.4 Å². The van der Waals surface area contributed by atoms with Gasteiger partial charge in [0.15, 0.2) is 5.82 Å². The Morgan fingerprint density at radius 2 is 1.94 bits per heavy atom. The molecule has 2 N–H and O–H groups in total.